The molecule has 0 atom stereocenters. The third-order valence-electron chi connectivity index (χ3n) is 2.38. The Balaban J connectivity index is 2.67. The van der Waals surface area contributed by atoms with E-state index in [1.807, 2.05) is 0 Å². The number of aromatic nitrogens is 2. The Morgan fingerprint density at radius 2 is 2.28 bits per heavy atom. The fraction of sp³-hybridized carbons (Fsp3) is 0.182. The number of rotatable bonds is 3. The summed E-state index contributed by atoms with van der Waals surface area (Å²) in [5.74, 6) is -1.68. The van der Waals surface area contributed by atoms with Crippen LogP contribution in [0.15, 0.2) is 22.8 Å². The summed E-state index contributed by atoms with van der Waals surface area (Å²) in [5, 5.41) is 8.88. The first-order valence-corrected chi connectivity index (χ1v) is 5.79. The largest absolute Gasteiger partial charge is 0.481 e. The Labute approximate surface area is 110 Å². The van der Waals surface area contributed by atoms with Crippen molar-refractivity contribution in [1.82, 2.24) is 9.38 Å². The summed E-state index contributed by atoms with van der Waals surface area (Å²) in [6.07, 6.45) is 1.35. The van der Waals surface area contributed by atoms with Gasteiger partial charge < -0.3 is 14.2 Å². The summed E-state index contributed by atoms with van der Waals surface area (Å²) >= 11 is 3.29. The first-order valence-electron chi connectivity index (χ1n) is 4.99. The molecule has 0 amide bonds. The van der Waals surface area contributed by atoms with E-state index >= 15 is 0 Å². The molecule has 0 bridgehead atoms. The van der Waals surface area contributed by atoms with Crippen molar-refractivity contribution in [2.75, 3.05) is 7.11 Å². The highest BCUT2D eigenvalue weighted by Gasteiger charge is 2.21. The van der Waals surface area contributed by atoms with Crippen LogP contribution in [0.1, 0.15) is 16.2 Å². The van der Waals surface area contributed by atoms with Crippen LogP contribution in [0.3, 0.4) is 0 Å². The van der Waals surface area contributed by atoms with Gasteiger partial charge >= 0.3 is 11.9 Å². The predicted octanol–water partition coefficient (Wildman–Crippen LogP) is 1.51. The number of ether oxygens (including phenoxy) is 1. The Kier molecular flexibility index (Phi) is 3.33. The zero-order valence-corrected chi connectivity index (χ0v) is 11.0. The fourth-order valence-corrected chi connectivity index (χ4v) is 1.97. The van der Waals surface area contributed by atoms with Gasteiger partial charge in [0.15, 0.2) is 5.69 Å². The van der Waals surface area contributed by atoms with Gasteiger partial charge in [0, 0.05) is 10.7 Å². The number of carboxylic acid groups (broad SMARTS) is 1. The van der Waals surface area contributed by atoms with Gasteiger partial charge in [-0.15, -0.1) is 0 Å². The van der Waals surface area contributed by atoms with E-state index < -0.39 is 11.9 Å². The third kappa shape index (κ3) is 2.21. The van der Waals surface area contributed by atoms with Crippen LogP contribution in [0.25, 0.3) is 5.65 Å². The van der Waals surface area contributed by atoms with Crippen LogP contribution in [-0.2, 0) is 16.0 Å². The highest BCUT2D eigenvalue weighted by molar-refractivity contribution is 9.10. The number of carbonyl (C=O) groups is 2. The number of pyridine rings is 1. The van der Waals surface area contributed by atoms with Crippen molar-refractivity contribution in [1.29, 1.82) is 0 Å². The number of methoxy groups -OCH3 is 1. The number of aliphatic carboxylic acids is 1. The van der Waals surface area contributed by atoms with E-state index in [9.17, 15) is 9.59 Å². The average Bonchev–Trinajstić information content (AvgIpc) is 2.65. The van der Waals surface area contributed by atoms with E-state index in [-0.39, 0.29) is 12.1 Å². The molecule has 18 heavy (non-hydrogen) atoms. The molecule has 0 saturated carbocycles. The van der Waals surface area contributed by atoms with Gasteiger partial charge in [-0.1, -0.05) is 15.9 Å². The van der Waals surface area contributed by atoms with Crippen molar-refractivity contribution >= 4 is 33.5 Å². The van der Waals surface area contributed by atoms with Gasteiger partial charge in [0.25, 0.3) is 0 Å². The van der Waals surface area contributed by atoms with Crippen LogP contribution in [0.2, 0.25) is 0 Å². The van der Waals surface area contributed by atoms with Crippen molar-refractivity contribution in [2.45, 2.75) is 6.42 Å². The number of nitrogens with zero attached hydrogens (tertiary/aromatic N) is 2. The molecule has 1 N–H and O–H groups in total. The molecule has 2 aromatic heterocycles. The minimum atomic E-state index is -1.04. The summed E-state index contributed by atoms with van der Waals surface area (Å²) < 4.78 is 6.95. The van der Waals surface area contributed by atoms with Crippen molar-refractivity contribution in [3.63, 3.8) is 0 Å². The van der Waals surface area contributed by atoms with E-state index in [1.165, 1.54) is 7.11 Å². The number of esters is 1. The molecule has 2 aromatic rings. The van der Waals surface area contributed by atoms with Gasteiger partial charge in [0.1, 0.15) is 5.65 Å². The van der Waals surface area contributed by atoms with Crippen LogP contribution in [0.4, 0.5) is 0 Å². The van der Waals surface area contributed by atoms with Gasteiger partial charge in [-0.2, -0.15) is 0 Å². The molecule has 0 spiro atoms. The molecule has 0 unspecified atom stereocenters. The van der Waals surface area contributed by atoms with Crippen LogP contribution in [-0.4, -0.2) is 33.5 Å². The highest BCUT2D eigenvalue weighted by atomic mass is 79.9. The monoisotopic (exact) mass is 312 g/mol. The highest BCUT2D eigenvalue weighted by Crippen LogP contribution is 2.18. The maximum atomic E-state index is 11.6. The van der Waals surface area contributed by atoms with Crippen LogP contribution >= 0.6 is 15.9 Å². The molecule has 0 aliphatic heterocycles. The van der Waals surface area contributed by atoms with Crippen molar-refractivity contribution in [3.05, 3.63) is 34.2 Å². The minimum Gasteiger partial charge on any atom is -0.481 e. The summed E-state index contributed by atoms with van der Waals surface area (Å²) in [7, 11) is 1.23. The standard InChI is InChI=1S/C11H9BrN2O4/c1-18-11(17)10-7(5-9(15)16)14-3-2-6(12)4-8(14)13-10/h2-4H,5H2,1H3,(H,15,16). The number of hydrogen-bond donors (Lipinski definition) is 1. The first kappa shape index (κ1) is 12.6. The molecule has 0 aliphatic carbocycles. The zero-order chi connectivity index (χ0) is 13.3. The number of carboxylic acids is 1. The number of carbonyl (C=O) groups excluding carboxylic acids is 1. The molecule has 0 aromatic carbocycles. The van der Waals surface area contributed by atoms with E-state index in [2.05, 4.69) is 25.7 Å². The van der Waals surface area contributed by atoms with Crippen LogP contribution in [0, 0.1) is 0 Å². The SMILES string of the molecule is COC(=O)c1nc2cc(Br)ccn2c1CC(=O)O. The molecule has 0 fully saturated rings. The lowest BCUT2D eigenvalue weighted by Crippen LogP contribution is -2.10. The van der Waals surface area contributed by atoms with Crippen LogP contribution in [0.5, 0.6) is 0 Å². The molecule has 94 valence electrons. The fourth-order valence-electron chi connectivity index (χ4n) is 1.64. The second-order valence-electron chi connectivity index (χ2n) is 3.54. The molecule has 2 heterocycles. The van der Waals surface area contributed by atoms with Gasteiger partial charge in [-0.25, -0.2) is 9.78 Å². The predicted molar refractivity (Wildman–Crippen MR) is 65.6 cm³/mol. The normalized spacial score (nSPS) is 10.6. The summed E-state index contributed by atoms with van der Waals surface area (Å²) in [5.41, 5.74) is 0.816. The number of halogens is 1. The first-order chi connectivity index (χ1) is 8.52. The smallest absolute Gasteiger partial charge is 0.358 e. The van der Waals surface area contributed by atoms with Gasteiger partial charge in [0.05, 0.1) is 19.2 Å². The number of imidazole rings is 1. The number of fused-ring (bicyclic) bond motifs is 1. The van der Waals surface area contributed by atoms with Gasteiger partial charge in [-0.3, -0.25) is 4.79 Å². The molecule has 0 aliphatic rings. The molecule has 7 heteroatoms. The van der Waals surface area contributed by atoms with E-state index in [4.69, 9.17) is 5.11 Å². The van der Waals surface area contributed by atoms with Gasteiger partial charge in [-0.05, 0) is 12.1 Å². The third-order valence-corrected chi connectivity index (χ3v) is 2.88. The average molecular weight is 313 g/mol. The number of hydrogen-bond acceptors (Lipinski definition) is 4. The lowest BCUT2D eigenvalue weighted by molar-refractivity contribution is -0.136. The molecular weight excluding hydrogens is 304 g/mol. The second kappa shape index (κ2) is 4.77. The molecule has 0 radical (unpaired) electrons. The zero-order valence-electron chi connectivity index (χ0n) is 9.38. The summed E-state index contributed by atoms with van der Waals surface area (Å²) in [4.78, 5) is 26.5. The van der Waals surface area contributed by atoms with E-state index in [0.29, 0.717) is 11.3 Å². The minimum absolute atomic E-state index is 0.0259. The Bertz CT molecular complexity index is 635. The maximum absolute atomic E-state index is 11.6. The molecule has 2 rings (SSSR count). The lowest BCUT2D eigenvalue weighted by Gasteiger charge is -2.01. The molecular formula is C11H9BrN2O4. The molecule has 6 nitrogen and oxygen atoms in total. The van der Waals surface area contributed by atoms with Gasteiger partial charge in [0.2, 0.25) is 0 Å². The molecule has 0 saturated heterocycles. The Hall–Kier alpha value is -1.89. The topological polar surface area (TPSA) is 80.9 Å². The summed E-state index contributed by atoms with van der Waals surface area (Å²) in [6.45, 7) is 0. The van der Waals surface area contributed by atoms with Crippen molar-refractivity contribution in [3.8, 4) is 0 Å². The van der Waals surface area contributed by atoms with Crippen LogP contribution < -0.4 is 0 Å². The summed E-state index contributed by atoms with van der Waals surface area (Å²) in [6, 6.07) is 3.43. The lowest BCUT2D eigenvalue weighted by atomic mass is 10.2. The van der Waals surface area contributed by atoms with E-state index in [1.54, 1.807) is 22.7 Å². The van der Waals surface area contributed by atoms with Crippen molar-refractivity contribution in [2.24, 2.45) is 0 Å². The second-order valence-corrected chi connectivity index (χ2v) is 4.46. The van der Waals surface area contributed by atoms with Crippen molar-refractivity contribution < 1.29 is 19.4 Å². The quantitative estimate of drug-likeness (QED) is 0.869. The maximum Gasteiger partial charge on any atom is 0.358 e. The van der Waals surface area contributed by atoms with E-state index in [0.717, 1.165) is 4.47 Å². The Morgan fingerprint density at radius 1 is 1.56 bits per heavy atom. The Morgan fingerprint density at radius 3 is 2.89 bits per heavy atom.